The maximum absolute atomic E-state index is 11.9. The normalized spacial score (nSPS) is 17.1. The van der Waals surface area contributed by atoms with E-state index in [2.05, 4.69) is 25.4 Å². The van der Waals surface area contributed by atoms with Crippen LogP contribution in [0.5, 0.6) is 0 Å². The molecule has 6 rings (SSSR count). The fourth-order valence-electron chi connectivity index (χ4n) is 4.21. The summed E-state index contributed by atoms with van der Waals surface area (Å²) in [4.78, 5) is 18.0. The first-order valence-corrected chi connectivity index (χ1v) is 11.8. The maximum Gasteiger partial charge on any atom is 0.229 e. The van der Waals surface area contributed by atoms with Crippen molar-refractivity contribution in [2.24, 2.45) is 0 Å². The Bertz CT molecular complexity index is 1550. The number of sulfone groups is 1. The predicted molar refractivity (Wildman–Crippen MR) is 114 cm³/mol. The van der Waals surface area contributed by atoms with Crippen LogP contribution >= 0.6 is 0 Å². The number of nitrogens with one attached hydrogen (secondary N) is 1. The van der Waals surface area contributed by atoms with E-state index in [0.717, 1.165) is 33.8 Å². The Hall–Kier alpha value is -3.54. The summed E-state index contributed by atoms with van der Waals surface area (Å²) in [7, 11) is -2.97. The first-order valence-electron chi connectivity index (χ1n) is 9.96. The molecule has 0 amide bonds. The third-order valence-electron chi connectivity index (χ3n) is 5.83. The molecule has 11 nitrogen and oxygen atoms in total. The molecule has 1 aliphatic rings. The van der Waals surface area contributed by atoms with E-state index in [-0.39, 0.29) is 17.5 Å². The number of nitrogens with zero attached hydrogens (tertiary/aromatic N) is 8. The van der Waals surface area contributed by atoms with Crippen LogP contribution in [0, 0.1) is 6.92 Å². The van der Waals surface area contributed by atoms with Gasteiger partial charge in [-0.25, -0.2) is 27.9 Å². The Labute approximate surface area is 176 Å². The van der Waals surface area contributed by atoms with E-state index in [1.54, 1.807) is 16.9 Å². The number of aromatic nitrogens is 8. The van der Waals surface area contributed by atoms with Gasteiger partial charge < -0.3 is 5.32 Å². The zero-order valence-electron chi connectivity index (χ0n) is 16.7. The minimum absolute atomic E-state index is 0.0157. The van der Waals surface area contributed by atoms with Gasteiger partial charge in [-0.05, 0) is 31.4 Å². The summed E-state index contributed by atoms with van der Waals surface area (Å²) in [6.45, 7) is 1.98. The number of fused-ring (bicyclic) bond motifs is 4. The molecule has 0 atom stereocenters. The zero-order chi connectivity index (χ0) is 21.2. The number of hydrogen-bond donors (Lipinski definition) is 1. The summed E-state index contributed by atoms with van der Waals surface area (Å²) >= 11 is 0. The monoisotopic (exact) mass is 437 g/mol. The van der Waals surface area contributed by atoms with Gasteiger partial charge in [-0.15, -0.1) is 0 Å². The average Bonchev–Trinajstić information content (AvgIpc) is 3.44. The van der Waals surface area contributed by atoms with Gasteiger partial charge in [0.25, 0.3) is 0 Å². The minimum atomic E-state index is -2.97. The first kappa shape index (κ1) is 18.2. The van der Waals surface area contributed by atoms with E-state index in [1.165, 1.54) is 6.33 Å². The molecule has 0 unspecified atom stereocenters. The van der Waals surface area contributed by atoms with E-state index in [0.29, 0.717) is 18.8 Å². The molecule has 1 saturated heterocycles. The maximum atomic E-state index is 11.9. The van der Waals surface area contributed by atoms with Gasteiger partial charge in [-0.3, -0.25) is 8.97 Å². The quantitative estimate of drug-likeness (QED) is 0.454. The first-order chi connectivity index (χ1) is 15.0. The van der Waals surface area contributed by atoms with E-state index in [4.69, 9.17) is 4.98 Å². The molecule has 0 radical (unpaired) electrons. The predicted octanol–water partition coefficient (Wildman–Crippen LogP) is 1.92. The SMILES string of the molecule is Cc1cc2ncnn2cc1Nc1ncc2c(n1)n(C1CCS(=O)(=O)CC1)c1nccn21. The molecule has 5 aromatic heterocycles. The Balaban J connectivity index is 1.45. The van der Waals surface area contributed by atoms with Crippen LogP contribution in [0.1, 0.15) is 24.4 Å². The standard InChI is InChI=1S/C19H19N9O2S/c1-12-8-16-22-11-23-27(16)10-14(12)24-18-21-9-15-17(25-18)28(19-20-4-5-26(15)19)13-2-6-31(29,30)7-3-13/h4-5,8-11,13H,2-3,6-7H2,1H3,(H,21,24,25). The Morgan fingerprint density at radius 3 is 2.84 bits per heavy atom. The van der Waals surface area contributed by atoms with E-state index in [1.807, 2.05) is 34.4 Å². The topological polar surface area (TPSA) is 124 Å². The lowest BCUT2D eigenvalue weighted by atomic mass is 10.1. The molecule has 31 heavy (non-hydrogen) atoms. The van der Waals surface area contributed by atoms with Crippen molar-refractivity contribution in [3.63, 3.8) is 0 Å². The molecule has 158 valence electrons. The summed E-state index contributed by atoms with van der Waals surface area (Å²) in [6.07, 6.45) is 9.81. The fourth-order valence-corrected chi connectivity index (χ4v) is 5.68. The van der Waals surface area contributed by atoms with Crippen molar-refractivity contribution < 1.29 is 8.42 Å². The van der Waals surface area contributed by atoms with E-state index >= 15 is 0 Å². The van der Waals surface area contributed by atoms with Crippen LogP contribution in [0.3, 0.4) is 0 Å². The van der Waals surface area contributed by atoms with Gasteiger partial charge in [-0.1, -0.05) is 0 Å². The van der Waals surface area contributed by atoms with Crippen molar-refractivity contribution in [3.8, 4) is 0 Å². The lowest BCUT2D eigenvalue weighted by Crippen LogP contribution is -2.25. The second kappa shape index (κ2) is 6.48. The fraction of sp³-hybridized carbons (Fsp3) is 0.316. The van der Waals surface area contributed by atoms with Crippen LogP contribution in [0.2, 0.25) is 0 Å². The largest absolute Gasteiger partial charge is 0.323 e. The van der Waals surface area contributed by atoms with Crippen molar-refractivity contribution >= 4 is 44.1 Å². The lowest BCUT2D eigenvalue weighted by molar-refractivity contribution is 0.465. The van der Waals surface area contributed by atoms with E-state index in [9.17, 15) is 8.42 Å². The van der Waals surface area contributed by atoms with Crippen LogP contribution in [-0.4, -0.2) is 58.4 Å². The molecular weight excluding hydrogens is 418 g/mol. The molecule has 0 saturated carbocycles. The highest BCUT2D eigenvalue weighted by molar-refractivity contribution is 7.91. The molecule has 1 aliphatic heterocycles. The van der Waals surface area contributed by atoms with Gasteiger partial charge in [0.15, 0.2) is 11.3 Å². The summed E-state index contributed by atoms with van der Waals surface area (Å²) in [5.74, 6) is 1.54. The van der Waals surface area contributed by atoms with Gasteiger partial charge >= 0.3 is 0 Å². The van der Waals surface area contributed by atoms with Gasteiger partial charge in [-0.2, -0.15) is 10.1 Å². The van der Waals surface area contributed by atoms with Crippen molar-refractivity contribution in [2.75, 3.05) is 16.8 Å². The smallest absolute Gasteiger partial charge is 0.229 e. The van der Waals surface area contributed by atoms with Crippen LogP contribution in [0.15, 0.2) is 37.2 Å². The molecule has 5 aromatic rings. The van der Waals surface area contributed by atoms with Crippen LogP contribution < -0.4 is 5.32 Å². The molecule has 12 heteroatoms. The van der Waals surface area contributed by atoms with Crippen LogP contribution in [0.25, 0.3) is 22.6 Å². The Kier molecular flexibility index (Phi) is 3.81. The second-order valence-electron chi connectivity index (χ2n) is 7.81. The molecule has 0 bridgehead atoms. The number of rotatable bonds is 3. The van der Waals surface area contributed by atoms with Gasteiger partial charge in [0.05, 0.1) is 29.6 Å². The molecular formula is C19H19N9O2S. The highest BCUT2D eigenvalue weighted by Gasteiger charge is 2.28. The van der Waals surface area contributed by atoms with Crippen molar-refractivity contribution in [3.05, 3.63) is 42.7 Å². The third kappa shape index (κ3) is 2.93. The molecule has 0 aliphatic carbocycles. The number of anilines is 2. The van der Waals surface area contributed by atoms with E-state index < -0.39 is 9.84 Å². The highest BCUT2D eigenvalue weighted by Crippen LogP contribution is 2.31. The molecule has 1 fully saturated rings. The number of pyridine rings is 1. The summed E-state index contributed by atoms with van der Waals surface area (Å²) in [5.41, 5.74) is 4.14. The van der Waals surface area contributed by atoms with Crippen LogP contribution in [0.4, 0.5) is 11.6 Å². The minimum Gasteiger partial charge on any atom is -0.323 e. The van der Waals surface area contributed by atoms with Gasteiger partial charge in [0.2, 0.25) is 11.7 Å². The zero-order valence-corrected chi connectivity index (χ0v) is 17.5. The van der Waals surface area contributed by atoms with Crippen molar-refractivity contribution in [1.29, 1.82) is 0 Å². The highest BCUT2D eigenvalue weighted by atomic mass is 32.2. The van der Waals surface area contributed by atoms with Crippen molar-refractivity contribution in [1.82, 2.24) is 38.5 Å². The Morgan fingerprint density at radius 1 is 1.16 bits per heavy atom. The number of imidazole rings is 2. The molecule has 1 N–H and O–H groups in total. The second-order valence-corrected chi connectivity index (χ2v) is 10.1. The summed E-state index contributed by atoms with van der Waals surface area (Å²) in [5, 5.41) is 7.46. The number of aryl methyl sites for hydroxylation is 1. The third-order valence-corrected chi connectivity index (χ3v) is 7.55. The summed E-state index contributed by atoms with van der Waals surface area (Å²) in [6, 6.07) is 1.95. The molecule has 0 aromatic carbocycles. The summed E-state index contributed by atoms with van der Waals surface area (Å²) < 4.78 is 29.5. The van der Waals surface area contributed by atoms with Gasteiger partial charge in [0, 0.05) is 18.4 Å². The molecule has 0 spiro atoms. The number of hydrogen-bond acceptors (Lipinski definition) is 8. The van der Waals surface area contributed by atoms with Gasteiger partial charge in [0.1, 0.15) is 21.7 Å². The van der Waals surface area contributed by atoms with Crippen LogP contribution in [-0.2, 0) is 9.84 Å². The lowest BCUT2D eigenvalue weighted by Gasteiger charge is -2.23. The average molecular weight is 437 g/mol. The molecule has 6 heterocycles. The Morgan fingerprint density at radius 2 is 2.00 bits per heavy atom. The van der Waals surface area contributed by atoms with Crippen molar-refractivity contribution in [2.45, 2.75) is 25.8 Å².